The van der Waals surface area contributed by atoms with Crippen molar-refractivity contribution in [2.24, 2.45) is 0 Å². The molecule has 1 aromatic heterocycles. The van der Waals surface area contributed by atoms with Gasteiger partial charge >= 0.3 is 0 Å². The number of aromatic nitrogens is 1. The molecule has 3 rings (SSSR count). The summed E-state index contributed by atoms with van der Waals surface area (Å²) in [6, 6.07) is 11.4. The van der Waals surface area contributed by atoms with Crippen molar-refractivity contribution in [1.29, 1.82) is 0 Å². The number of hydrogen-bond acceptors (Lipinski definition) is 5. The van der Waals surface area contributed by atoms with Gasteiger partial charge < -0.3 is 9.26 Å². The maximum absolute atomic E-state index is 13.0. The van der Waals surface area contributed by atoms with Crippen LogP contribution in [0, 0.1) is 12.7 Å². The summed E-state index contributed by atoms with van der Waals surface area (Å²) in [5, 5.41) is 3.80. The van der Waals surface area contributed by atoms with E-state index in [1.165, 1.54) is 43.5 Å². The molecule has 0 saturated carbocycles. The number of ether oxygens (including phenoxy) is 1. The third kappa shape index (κ3) is 3.63. The quantitative estimate of drug-likeness (QED) is 0.750. The molecule has 3 aromatic rings. The Morgan fingerprint density at radius 2 is 1.84 bits per heavy atom. The molecule has 6 nitrogen and oxygen atoms in total. The van der Waals surface area contributed by atoms with E-state index in [0.717, 1.165) is 0 Å². The van der Waals surface area contributed by atoms with Crippen LogP contribution < -0.4 is 9.46 Å². The number of benzene rings is 2. The van der Waals surface area contributed by atoms with Crippen molar-refractivity contribution < 1.29 is 22.1 Å². The van der Waals surface area contributed by atoms with E-state index in [1.807, 2.05) is 0 Å². The first-order valence-electron chi connectivity index (χ1n) is 7.29. The van der Waals surface area contributed by atoms with E-state index in [1.54, 1.807) is 19.1 Å². The Morgan fingerprint density at radius 3 is 2.44 bits per heavy atom. The Balaban J connectivity index is 2.02. The number of halogens is 1. The number of aryl methyl sites for hydroxylation is 1. The Kier molecular flexibility index (Phi) is 4.45. The van der Waals surface area contributed by atoms with Gasteiger partial charge in [-0.05, 0) is 49.4 Å². The second kappa shape index (κ2) is 6.56. The predicted octanol–water partition coefficient (Wildman–Crippen LogP) is 3.60. The number of nitrogens with zero attached hydrogens (tertiary/aromatic N) is 1. The van der Waals surface area contributed by atoms with Crippen molar-refractivity contribution in [2.75, 3.05) is 11.8 Å². The average molecular weight is 362 g/mol. The molecule has 0 radical (unpaired) electrons. The molecular weight excluding hydrogens is 347 g/mol. The topological polar surface area (TPSA) is 81.4 Å². The lowest BCUT2D eigenvalue weighted by atomic mass is 10.1. The average Bonchev–Trinajstić information content (AvgIpc) is 3.02. The zero-order valence-corrected chi connectivity index (χ0v) is 14.3. The summed E-state index contributed by atoms with van der Waals surface area (Å²) in [6.07, 6.45) is 0. The summed E-state index contributed by atoms with van der Waals surface area (Å²) < 4.78 is 51.2. The molecule has 0 fully saturated rings. The van der Waals surface area contributed by atoms with Crippen molar-refractivity contribution >= 4 is 15.7 Å². The van der Waals surface area contributed by atoms with Crippen LogP contribution in [0.3, 0.4) is 0 Å². The van der Waals surface area contributed by atoms with E-state index in [9.17, 15) is 12.8 Å². The minimum atomic E-state index is -3.95. The van der Waals surface area contributed by atoms with Gasteiger partial charge in [-0.25, -0.2) is 12.8 Å². The van der Waals surface area contributed by atoms with Gasteiger partial charge in [-0.2, -0.15) is 0 Å². The number of rotatable bonds is 5. The van der Waals surface area contributed by atoms with Crippen LogP contribution in [0.15, 0.2) is 57.9 Å². The molecule has 0 saturated heterocycles. The van der Waals surface area contributed by atoms with Crippen molar-refractivity contribution in [3.8, 4) is 17.1 Å². The number of nitrogens with one attached hydrogen (secondary N) is 1. The SMILES string of the molecule is COc1ccc(-c2cc(C)no2)cc1S(=O)(=O)Nc1ccc(F)cc1. The smallest absolute Gasteiger partial charge is 0.265 e. The molecule has 1 N–H and O–H groups in total. The van der Waals surface area contributed by atoms with E-state index >= 15 is 0 Å². The largest absolute Gasteiger partial charge is 0.495 e. The molecule has 0 unspecified atom stereocenters. The van der Waals surface area contributed by atoms with Crippen molar-refractivity contribution in [2.45, 2.75) is 11.8 Å². The maximum Gasteiger partial charge on any atom is 0.265 e. The highest BCUT2D eigenvalue weighted by Crippen LogP contribution is 2.31. The lowest BCUT2D eigenvalue weighted by molar-refractivity contribution is 0.402. The summed E-state index contributed by atoms with van der Waals surface area (Å²) in [6.45, 7) is 1.77. The standard InChI is InChI=1S/C17H15FN2O4S/c1-11-9-16(24-19-11)12-3-8-15(23-2)17(10-12)25(21,22)20-14-6-4-13(18)5-7-14/h3-10,20H,1-2H3. The number of anilines is 1. The summed E-state index contributed by atoms with van der Waals surface area (Å²) >= 11 is 0. The Hall–Kier alpha value is -2.87. The molecule has 130 valence electrons. The molecule has 25 heavy (non-hydrogen) atoms. The normalized spacial score (nSPS) is 11.3. The Morgan fingerprint density at radius 1 is 1.12 bits per heavy atom. The van der Waals surface area contributed by atoms with E-state index in [0.29, 0.717) is 17.0 Å². The molecule has 0 aliphatic carbocycles. The molecule has 0 amide bonds. The monoisotopic (exact) mass is 362 g/mol. The minimum Gasteiger partial charge on any atom is -0.495 e. The number of hydrogen-bond donors (Lipinski definition) is 1. The van der Waals surface area contributed by atoms with Gasteiger partial charge in [0.05, 0.1) is 12.8 Å². The fourth-order valence-electron chi connectivity index (χ4n) is 2.27. The zero-order valence-electron chi connectivity index (χ0n) is 13.5. The first kappa shape index (κ1) is 17.0. The molecule has 8 heteroatoms. The van der Waals surface area contributed by atoms with E-state index in [2.05, 4.69) is 9.88 Å². The fraction of sp³-hybridized carbons (Fsp3) is 0.118. The van der Waals surface area contributed by atoms with Crippen LogP contribution in [-0.2, 0) is 10.0 Å². The highest BCUT2D eigenvalue weighted by molar-refractivity contribution is 7.92. The lowest BCUT2D eigenvalue weighted by Gasteiger charge is -2.12. The van der Waals surface area contributed by atoms with Gasteiger partial charge in [0.15, 0.2) is 5.76 Å². The zero-order chi connectivity index (χ0) is 18.0. The van der Waals surface area contributed by atoms with E-state index in [-0.39, 0.29) is 16.3 Å². The van der Waals surface area contributed by atoms with Gasteiger partial charge in [0.1, 0.15) is 16.5 Å². The number of sulfonamides is 1. The fourth-order valence-corrected chi connectivity index (χ4v) is 3.52. The van der Waals surface area contributed by atoms with Crippen LogP contribution in [0.25, 0.3) is 11.3 Å². The van der Waals surface area contributed by atoms with Gasteiger partial charge in [-0.3, -0.25) is 4.72 Å². The molecule has 0 bridgehead atoms. The Bertz CT molecular complexity index is 998. The molecule has 0 spiro atoms. The second-order valence-corrected chi connectivity index (χ2v) is 6.96. The third-order valence-electron chi connectivity index (χ3n) is 3.46. The maximum atomic E-state index is 13.0. The first-order chi connectivity index (χ1) is 11.9. The molecule has 0 aliphatic rings. The van der Waals surface area contributed by atoms with Gasteiger partial charge in [0, 0.05) is 17.3 Å². The summed E-state index contributed by atoms with van der Waals surface area (Å²) in [5.74, 6) is 0.163. The number of methoxy groups -OCH3 is 1. The van der Waals surface area contributed by atoms with Gasteiger partial charge in [-0.1, -0.05) is 5.16 Å². The first-order valence-corrected chi connectivity index (χ1v) is 8.77. The van der Waals surface area contributed by atoms with Gasteiger partial charge in [0.25, 0.3) is 10.0 Å². The third-order valence-corrected chi connectivity index (χ3v) is 4.86. The summed E-state index contributed by atoms with van der Waals surface area (Å²) in [5.41, 5.74) is 1.46. The highest BCUT2D eigenvalue weighted by Gasteiger charge is 2.21. The molecule has 0 aliphatic heterocycles. The van der Waals surface area contributed by atoms with Crippen LogP contribution in [0.5, 0.6) is 5.75 Å². The molecule has 0 atom stereocenters. The lowest BCUT2D eigenvalue weighted by Crippen LogP contribution is -2.14. The predicted molar refractivity (Wildman–Crippen MR) is 90.4 cm³/mol. The summed E-state index contributed by atoms with van der Waals surface area (Å²) in [7, 11) is -2.57. The van der Waals surface area contributed by atoms with Gasteiger partial charge in [-0.15, -0.1) is 0 Å². The molecule has 2 aromatic carbocycles. The van der Waals surface area contributed by atoms with E-state index < -0.39 is 15.8 Å². The minimum absolute atomic E-state index is 0.0640. The second-order valence-electron chi connectivity index (χ2n) is 5.31. The van der Waals surface area contributed by atoms with Crippen LogP contribution in [0.4, 0.5) is 10.1 Å². The molecule has 1 heterocycles. The van der Waals surface area contributed by atoms with Crippen LogP contribution >= 0.6 is 0 Å². The summed E-state index contributed by atoms with van der Waals surface area (Å²) in [4.78, 5) is -0.0640. The van der Waals surface area contributed by atoms with E-state index in [4.69, 9.17) is 9.26 Å². The van der Waals surface area contributed by atoms with Crippen LogP contribution in [0.2, 0.25) is 0 Å². The van der Waals surface area contributed by atoms with Crippen LogP contribution in [-0.4, -0.2) is 20.7 Å². The van der Waals surface area contributed by atoms with Crippen molar-refractivity contribution in [3.05, 3.63) is 60.0 Å². The molecular formula is C17H15FN2O4S. The van der Waals surface area contributed by atoms with Crippen molar-refractivity contribution in [1.82, 2.24) is 5.16 Å². The Labute approximate surface area is 144 Å². The highest BCUT2D eigenvalue weighted by atomic mass is 32.2. The van der Waals surface area contributed by atoms with Crippen LogP contribution in [0.1, 0.15) is 5.69 Å². The van der Waals surface area contributed by atoms with Crippen molar-refractivity contribution in [3.63, 3.8) is 0 Å². The van der Waals surface area contributed by atoms with Gasteiger partial charge in [0.2, 0.25) is 0 Å².